The van der Waals surface area contributed by atoms with Gasteiger partial charge in [-0.2, -0.15) is 0 Å². The molecule has 1 saturated carbocycles. The van der Waals surface area contributed by atoms with E-state index >= 15 is 0 Å². The van der Waals surface area contributed by atoms with Crippen LogP contribution < -0.4 is 11.1 Å². The molecule has 2 aliphatic rings. The lowest BCUT2D eigenvalue weighted by atomic mass is 9.78. The highest BCUT2D eigenvalue weighted by atomic mass is 19.1. The molecule has 1 aliphatic heterocycles. The van der Waals surface area contributed by atoms with E-state index in [1.165, 1.54) is 12.1 Å². The highest BCUT2D eigenvalue weighted by Gasteiger charge is 2.40. The molecule has 108 valence electrons. The average molecular weight is 277 g/mol. The Bertz CT molecular complexity index is 508. The van der Waals surface area contributed by atoms with Crippen molar-refractivity contribution in [1.82, 2.24) is 4.90 Å². The Balaban J connectivity index is 1.64. The van der Waals surface area contributed by atoms with Gasteiger partial charge < -0.3 is 16.0 Å². The van der Waals surface area contributed by atoms with E-state index < -0.39 is 0 Å². The van der Waals surface area contributed by atoms with Gasteiger partial charge in [-0.1, -0.05) is 12.5 Å². The van der Waals surface area contributed by atoms with Gasteiger partial charge in [-0.25, -0.2) is 9.18 Å². The van der Waals surface area contributed by atoms with Crippen molar-refractivity contribution < 1.29 is 9.18 Å². The van der Waals surface area contributed by atoms with Gasteiger partial charge in [-0.05, 0) is 42.9 Å². The Morgan fingerprint density at radius 2 is 2.20 bits per heavy atom. The molecule has 2 fully saturated rings. The van der Waals surface area contributed by atoms with Crippen molar-refractivity contribution in [3.63, 3.8) is 0 Å². The number of fused-ring (bicyclic) bond motifs is 1. The highest BCUT2D eigenvalue weighted by molar-refractivity contribution is 5.89. The molecule has 0 spiro atoms. The Hall–Kier alpha value is -1.62. The van der Waals surface area contributed by atoms with Gasteiger partial charge in [-0.3, -0.25) is 0 Å². The molecule has 5 heteroatoms. The number of nitrogens with one attached hydrogen (secondary N) is 1. The van der Waals surface area contributed by atoms with E-state index in [2.05, 4.69) is 5.32 Å². The standard InChI is InChI=1S/C15H20FN3O/c16-11-4-2-5-12(7-11)18-15(20)19-8-10-3-1-6-14(17)13(10)9-19/h2,4-5,7,10,13-14H,1,3,6,8-9,17H2,(H,18,20). The molecule has 4 nitrogen and oxygen atoms in total. The number of rotatable bonds is 1. The molecule has 1 aliphatic carbocycles. The number of halogens is 1. The molecular weight excluding hydrogens is 257 g/mol. The average Bonchev–Trinajstić information content (AvgIpc) is 2.84. The van der Waals surface area contributed by atoms with Gasteiger partial charge in [0.05, 0.1) is 0 Å². The van der Waals surface area contributed by atoms with Gasteiger partial charge >= 0.3 is 6.03 Å². The summed E-state index contributed by atoms with van der Waals surface area (Å²) >= 11 is 0. The zero-order valence-corrected chi connectivity index (χ0v) is 11.4. The summed E-state index contributed by atoms with van der Waals surface area (Å²) in [7, 11) is 0. The van der Waals surface area contributed by atoms with E-state index in [1.54, 1.807) is 12.1 Å². The number of benzene rings is 1. The van der Waals surface area contributed by atoms with Crippen molar-refractivity contribution in [1.29, 1.82) is 0 Å². The second kappa shape index (κ2) is 5.40. The molecule has 3 N–H and O–H groups in total. The van der Waals surface area contributed by atoms with Crippen LogP contribution in [0.15, 0.2) is 24.3 Å². The molecule has 0 bridgehead atoms. The Morgan fingerprint density at radius 3 is 2.95 bits per heavy atom. The third kappa shape index (κ3) is 2.63. The van der Waals surface area contributed by atoms with Crippen LogP contribution in [0, 0.1) is 17.7 Å². The summed E-state index contributed by atoms with van der Waals surface area (Å²) in [4.78, 5) is 14.0. The van der Waals surface area contributed by atoms with Crippen molar-refractivity contribution in [2.45, 2.75) is 25.3 Å². The summed E-state index contributed by atoms with van der Waals surface area (Å²) < 4.78 is 13.1. The molecule has 1 aromatic rings. The second-order valence-corrected chi connectivity index (χ2v) is 5.86. The second-order valence-electron chi connectivity index (χ2n) is 5.86. The van der Waals surface area contributed by atoms with Crippen LogP contribution in [0.3, 0.4) is 0 Å². The number of anilines is 1. The lowest BCUT2D eigenvalue weighted by Gasteiger charge is -2.29. The maximum Gasteiger partial charge on any atom is 0.321 e. The third-order valence-corrected chi connectivity index (χ3v) is 4.52. The van der Waals surface area contributed by atoms with Gasteiger partial charge in [-0.15, -0.1) is 0 Å². The molecule has 1 aromatic carbocycles. The fourth-order valence-corrected chi connectivity index (χ4v) is 3.45. The first-order valence-electron chi connectivity index (χ1n) is 7.20. The van der Waals surface area contributed by atoms with Crippen molar-refractivity contribution in [2.75, 3.05) is 18.4 Å². The van der Waals surface area contributed by atoms with Crippen LogP contribution in [0.5, 0.6) is 0 Å². The first-order valence-corrected chi connectivity index (χ1v) is 7.20. The number of likely N-dealkylation sites (tertiary alicyclic amines) is 1. The number of urea groups is 1. The minimum Gasteiger partial charge on any atom is -0.327 e. The fraction of sp³-hybridized carbons (Fsp3) is 0.533. The highest BCUT2D eigenvalue weighted by Crippen LogP contribution is 2.35. The Labute approximate surface area is 118 Å². The number of carbonyl (C=O) groups excluding carboxylic acids is 1. The van der Waals surface area contributed by atoms with Gasteiger partial charge in [0.25, 0.3) is 0 Å². The Morgan fingerprint density at radius 1 is 1.35 bits per heavy atom. The SMILES string of the molecule is NC1CCCC2CN(C(=O)Nc3cccc(F)c3)CC12. The van der Waals surface area contributed by atoms with Crippen LogP contribution in [0.4, 0.5) is 14.9 Å². The lowest BCUT2D eigenvalue weighted by Crippen LogP contribution is -2.39. The van der Waals surface area contributed by atoms with E-state index in [9.17, 15) is 9.18 Å². The molecule has 1 heterocycles. The topological polar surface area (TPSA) is 58.4 Å². The van der Waals surface area contributed by atoms with Crippen LogP contribution in [-0.2, 0) is 0 Å². The van der Waals surface area contributed by atoms with Gasteiger partial charge in [0.15, 0.2) is 0 Å². The number of nitrogens with two attached hydrogens (primary N) is 1. The van der Waals surface area contributed by atoms with E-state index in [0.717, 1.165) is 25.8 Å². The molecule has 1 saturated heterocycles. The summed E-state index contributed by atoms with van der Waals surface area (Å²) in [5.74, 6) is 0.596. The van der Waals surface area contributed by atoms with Crippen LogP contribution in [-0.4, -0.2) is 30.1 Å². The summed E-state index contributed by atoms with van der Waals surface area (Å²) in [6, 6.07) is 6.02. The largest absolute Gasteiger partial charge is 0.327 e. The minimum atomic E-state index is -0.347. The predicted molar refractivity (Wildman–Crippen MR) is 75.8 cm³/mol. The van der Waals surface area contributed by atoms with Gasteiger partial charge in [0.2, 0.25) is 0 Å². The summed E-state index contributed by atoms with van der Waals surface area (Å²) in [6.07, 6.45) is 3.37. The van der Waals surface area contributed by atoms with Gasteiger partial charge in [0.1, 0.15) is 5.82 Å². The number of amides is 2. The molecule has 3 unspecified atom stereocenters. The zero-order chi connectivity index (χ0) is 14.1. The van der Waals surface area contributed by atoms with Crippen LogP contribution in [0.1, 0.15) is 19.3 Å². The molecule has 0 radical (unpaired) electrons. The molecule has 3 atom stereocenters. The third-order valence-electron chi connectivity index (χ3n) is 4.52. The van der Waals surface area contributed by atoms with Gasteiger partial charge in [0, 0.05) is 24.8 Å². The first kappa shape index (κ1) is 13.4. The number of nitrogens with zero attached hydrogens (tertiary/aromatic N) is 1. The predicted octanol–water partition coefficient (Wildman–Crippen LogP) is 2.42. The first-order chi connectivity index (χ1) is 9.63. The van der Waals surface area contributed by atoms with Crippen molar-refractivity contribution in [3.05, 3.63) is 30.1 Å². The van der Waals surface area contributed by atoms with E-state index in [0.29, 0.717) is 24.1 Å². The number of carbonyl (C=O) groups is 1. The normalized spacial score (nSPS) is 29.1. The quantitative estimate of drug-likeness (QED) is 0.828. The van der Waals surface area contributed by atoms with Crippen molar-refractivity contribution >= 4 is 11.7 Å². The Kier molecular flexibility index (Phi) is 3.61. The molecule has 0 aromatic heterocycles. The van der Waals surface area contributed by atoms with Crippen LogP contribution in [0.25, 0.3) is 0 Å². The lowest BCUT2D eigenvalue weighted by molar-refractivity contribution is 0.219. The summed E-state index contributed by atoms with van der Waals surface area (Å²) in [6.45, 7) is 1.48. The fourth-order valence-electron chi connectivity index (χ4n) is 3.45. The van der Waals surface area contributed by atoms with Crippen molar-refractivity contribution in [2.24, 2.45) is 17.6 Å². The maximum absolute atomic E-state index is 13.1. The van der Waals surface area contributed by atoms with Crippen LogP contribution in [0.2, 0.25) is 0 Å². The maximum atomic E-state index is 13.1. The summed E-state index contributed by atoms with van der Waals surface area (Å²) in [5, 5.41) is 2.76. The van der Waals surface area contributed by atoms with Crippen LogP contribution >= 0.6 is 0 Å². The minimum absolute atomic E-state index is 0.155. The van der Waals surface area contributed by atoms with Crippen molar-refractivity contribution in [3.8, 4) is 0 Å². The smallest absolute Gasteiger partial charge is 0.321 e. The molecule has 2 amide bonds. The zero-order valence-electron chi connectivity index (χ0n) is 11.4. The van der Waals surface area contributed by atoms with E-state index in [-0.39, 0.29) is 17.9 Å². The van der Waals surface area contributed by atoms with E-state index in [4.69, 9.17) is 5.73 Å². The number of hydrogen-bond acceptors (Lipinski definition) is 2. The van der Waals surface area contributed by atoms with E-state index in [1.807, 2.05) is 4.90 Å². The molecule has 3 rings (SSSR count). The molecule has 20 heavy (non-hydrogen) atoms. The molecular formula is C15H20FN3O. The summed E-state index contributed by atoms with van der Waals surface area (Å²) in [5.41, 5.74) is 6.64. The monoisotopic (exact) mass is 277 g/mol. The number of hydrogen-bond donors (Lipinski definition) is 2.